The van der Waals surface area contributed by atoms with Crippen molar-refractivity contribution >= 4 is 28.2 Å². The van der Waals surface area contributed by atoms with Crippen LogP contribution in [-0.4, -0.2) is 52.3 Å². The van der Waals surface area contributed by atoms with Crippen LogP contribution in [-0.2, 0) is 27.5 Å². The zero-order valence-electron chi connectivity index (χ0n) is 20.7. The third-order valence-electron chi connectivity index (χ3n) is 6.96. The maximum absolute atomic E-state index is 14.8. The van der Waals surface area contributed by atoms with Gasteiger partial charge in [0.05, 0.1) is 42.3 Å². The number of aryl methyl sites for hydroxylation is 1. The Morgan fingerprint density at radius 2 is 1.95 bits per heavy atom. The van der Waals surface area contributed by atoms with Gasteiger partial charge in [0.2, 0.25) is 0 Å². The Labute approximate surface area is 213 Å². The van der Waals surface area contributed by atoms with Crippen LogP contribution in [0.2, 0.25) is 0 Å². The molecule has 2 N–H and O–H groups in total. The van der Waals surface area contributed by atoms with E-state index in [1.165, 1.54) is 16.7 Å². The van der Waals surface area contributed by atoms with E-state index < -0.39 is 11.6 Å². The van der Waals surface area contributed by atoms with E-state index in [1.54, 1.807) is 19.1 Å². The summed E-state index contributed by atoms with van der Waals surface area (Å²) in [7, 11) is 0. The van der Waals surface area contributed by atoms with Crippen LogP contribution >= 0.6 is 0 Å². The number of morpholine rings is 1. The molecule has 0 bridgehead atoms. The standard InChI is InChI=1S/C27H29FN4O5/c1-16-30-23-13-20(12-22(29)26(23)27(35)32(16)24-5-4-19(33)11-25(24)34)37-15-18-3-2-17(10-21(18)28)14-31-6-8-36-9-7-31/h2-3,10,12-13,24H,4-9,11,14-15,29H2,1H3. The van der Waals surface area contributed by atoms with Crippen LogP contribution < -0.4 is 16.0 Å². The van der Waals surface area contributed by atoms with Crippen LogP contribution in [0.3, 0.4) is 0 Å². The lowest BCUT2D eigenvalue weighted by Crippen LogP contribution is -2.36. The first-order valence-corrected chi connectivity index (χ1v) is 12.4. The van der Waals surface area contributed by atoms with Gasteiger partial charge in [0, 0.05) is 43.8 Å². The van der Waals surface area contributed by atoms with E-state index in [4.69, 9.17) is 15.2 Å². The number of nitrogens with zero attached hydrogens (tertiary/aromatic N) is 3. The van der Waals surface area contributed by atoms with Crippen molar-refractivity contribution in [2.24, 2.45) is 0 Å². The number of anilines is 1. The smallest absolute Gasteiger partial charge is 0.264 e. The molecule has 5 rings (SSSR count). The van der Waals surface area contributed by atoms with E-state index in [9.17, 15) is 18.8 Å². The molecule has 1 atom stereocenters. The summed E-state index contributed by atoms with van der Waals surface area (Å²) in [5.74, 6) is -0.0647. The second-order valence-corrected chi connectivity index (χ2v) is 9.58. The molecule has 10 heteroatoms. The number of benzene rings is 2. The van der Waals surface area contributed by atoms with Crippen molar-refractivity contribution in [3.63, 3.8) is 0 Å². The van der Waals surface area contributed by atoms with Crippen LogP contribution in [0.5, 0.6) is 5.75 Å². The number of ketones is 2. The Morgan fingerprint density at radius 3 is 2.68 bits per heavy atom. The number of aromatic nitrogens is 2. The molecule has 1 saturated heterocycles. The zero-order valence-corrected chi connectivity index (χ0v) is 20.7. The van der Waals surface area contributed by atoms with E-state index in [0.717, 1.165) is 18.7 Å². The summed E-state index contributed by atoms with van der Waals surface area (Å²) in [6.07, 6.45) is 0.332. The van der Waals surface area contributed by atoms with Gasteiger partial charge in [-0.25, -0.2) is 9.37 Å². The number of carbonyl (C=O) groups is 2. The summed E-state index contributed by atoms with van der Waals surface area (Å²) in [6, 6.07) is 7.48. The second kappa shape index (κ2) is 10.4. The molecule has 2 aromatic carbocycles. The second-order valence-electron chi connectivity index (χ2n) is 9.58. The largest absolute Gasteiger partial charge is 0.489 e. The van der Waals surface area contributed by atoms with Crippen molar-refractivity contribution in [3.05, 3.63) is 63.5 Å². The van der Waals surface area contributed by atoms with Gasteiger partial charge in [0.25, 0.3) is 5.56 Å². The number of carbonyl (C=O) groups excluding carboxylic acids is 2. The molecule has 1 saturated carbocycles. The van der Waals surface area contributed by atoms with E-state index in [0.29, 0.717) is 42.4 Å². The molecule has 2 fully saturated rings. The Kier molecular flexibility index (Phi) is 7.03. The maximum atomic E-state index is 14.8. The lowest BCUT2D eigenvalue weighted by atomic mass is 9.92. The monoisotopic (exact) mass is 508 g/mol. The summed E-state index contributed by atoms with van der Waals surface area (Å²) in [5.41, 5.74) is 7.54. The summed E-state index contributed by atoms with van der Waals surface area (Å²) < 4.78 is 27.3. The molecular formula is C27H29FN4O5. The van der Waals surface area contributed by atoms with Gasteiger partial charge in [-0.2, -0.15) is 0 Å². The van der Waals surface area contributed by atoms with Crippen LogP contribution in [0, 0.1) is 12.7 Å². The average molecular weight is 509 g/mol. The SMILES string of the molecule is Cc1nc2cc(OCc3ccc(CN4CCOCC4)cc3F)cc(N)c2c(=O)n1C1CCC(=O)CC1=O. The van der Waals surface area contributed by atoms with Crippen molar-refractivity contribution in [1.29, 1.82) is 0 Å². The number of rotatable bonds is 6. The zero-order chi connectivity index (χ0) is 26.1. The Morgan fingerprint density at radius 1 is 1.16 bits per heavy atom. The van der Waals surface area contributed by atoms with E-state index >= 15 is 0 Å². The Bertz CT molecular complexity index is 1430. The maximum Gasteiger partial charge on any atom is 0.264 e. The average Bonchev–Trinajstić information content (AvgIpc) is 2.85. The van der Waals surface area contributed by atoms with Gasteiger partial charge in [-0.15, -0.1) is 0 Å². The summed E-state index contributed by atoms with van der Waals surface area (Å²) in [5, 5.41) is 0.182. The van der Waals surface area contributed by atoms with Crippen LogP contribution in [0.4, 0.5) is 10.1 Å². The molecule has 2 heterocycles. The van der Waals surface area contributed by atoms with E-state index in [2.05, 4.69) is 9.88 Å². The van der Waals surface area contributed by atoms with Crippen molar-refractivity contribution in [1.82, 2.24) is 14.5 Å². The van der Waals surface area contributed by atoms with Gasteiger partial charge < -0.3 is 15.2 Å². The van der Waals surface area contributed by atoms with Crippen molar-refractivity contribution in [3.8, 4) is 5.75 Å². The minimum atomic E-state index is -0.730. The first kappa shape index (κ1) is 25.0. The highest BCUT2D eigenvalue weighted by Crippen LogP contribution is 2.28. The van der Waals surface area contributed by atoms with Gasteiger partial charge in [-0.05, 0) is 25.0 Å². The molecule has 2 aliphatic rings. The molecule has 0 amide bonds. The number of hydrogen-bond donors (Lipinski definition) is 1. The highest BCUT2D eigenvalue weighted by molar-refractivity contribution is 6.03. The van der Waals surface area contributed by atoms with Gasteiger partial charge in [0.15, 0.2) is 5.78 Å². The lowest BCUT2D eigenvalue weighted by Gasteiger charge is -2.26. The molecule has 9 nitrogen and oxygen atoms in total. The number of halogens is 1. The summed E-state index contributed by atoms with van der Waals surface area (Å²) >= 11 is 0. The Hall–Kier alpha value is -3.63. The molecule has 1 aromatic heterocycles. The molecule has 0 spiro atoms. The fourth-order valence-electron chi connectivity index (χ4n) is 5.01. The molecule has 0 radical (unpaired) electrons. The molecular weight excluding hydrogens is 479 g/mol. The van der Waals surface area contributed by atoms with Crippen molar-refractivity contribution in [2.75, 3.05) is 32.0 Å². The third-order valence-corrected chi connectivity index (χ3v) is 6.96. The Balaban J connectivity index is 1.34. The summed E-state index contributed by atoms with van der Waals surface area (Å²) in [4.78, 5) is 44.1. The number of Topliss-reactive ketones (excluding diaryl/α,β-unsaturated/α-hetero) is 2. The quantitative estimate of drug-likeness (QED) is 0.399. The molecule has 194 valence electrons. The van der Waals surface area contributed by atoms with Crippen molar-refractivity contribution in [2.45, 2.75) is 45.4 Å². The molecule has 1 unspecified atom stereocenters. The molecule has 1 aliphatic carbocycles. The predicted octanol–water partition coefficient (Wildman–Crippen LogP) is 2.70. The van der Waals surface area contributed by atoms with Gasteiger partial charge >= 0.3 is 0 Å². The third kappa shape index (κ3) is 5.26. The highest BCUT2D eigenvalue weighted by Gasteiger charge is 2.31. The van der Waals surface area contributed by atoms with Gasteiger partial charge in [0.1, 0.15) is 29.8 Å². The number of nitrogen functional groups attached to an aromatic ring is 1. The van der Waals surface area contributed by atoms with Crippen LogP contribution in [0.1, 0.15) is 42.3 Å². The molecule has 1 aliphatic heterocycles. The number of ether oxygens (including phenoxy) is 2. The van der Waals surface area contributed by atoms with Gasteiger partial charge in [-0.1, -0.05) is 12.1 Å². The number of nitrogens with two attached hydrogens (primary N) is 1. The lowest BCUT2D eigenvalue weighted by molar-refractivity contribution is -0.132. The molecule has 3 aromatic rings. The first-order valence-electron chi connectivity index (χ1n) is 12.4. The van der Waals surface area contributed by atoms with E-state index in [1.807, 2.05) is 6.07 Å². The normalized spacial score (nSPS) is 18.9. The summed E-state index contributed by atoms with van der Waals surface area (Å²) in [6.45, 7) is 5.30. The highest BCUT2D eigenvalue weighted by atomic mass is 19.1. The minimum Gasteiger partial charge on any atom is -0.489 e. The van der Waals surface area contributed by atoms with E-state index in [-0.39, 0.29) is 54.3 Å². The fraction of sp³-hybridized carbons (Fsp3) is 0.407. The fourth-order valence-corrected chi connectivity index (χ4v) is 5.01. The number of hydrogen-bond acceptors (Lipinski definition) is 8. The van der Waals surface area contributed by atoms with Crippen LogP contribution in [0.15, 0.2) is 35.1 Å². The molecule has 37 heavy (non-hydrogen) atoms. The van der Waals surface area contributed by atoms with Gasteiger partial charge in [-0.3, -0.25) is 23.9 Å². The number of fused-ring (bicyclic) bond motifs is 1. The minimum absolute atomic E-state index is 0.0186. The van der Waals surface area contributed by atoms with Crippen LogP contribution in [0.25, 0.3) is 10.9 Å². The van der Waals surface area contributed by atoms with Crippen molar-refractivity contribution < 1.29 is 23.5 Å². The first-order chi connectivity index (χ1) is 17.8. The topological polar surface area (TPSA) is 117 Å². The predicted molar refractivity (Wildman–Crippen MR) is 135 cm³/mol.